The van der Waals surface area contributed by atoms with Crippen LogP contribution in [0.2, 0.25) is 0 Å². The number of hydrogen-bond donors (Lipinski definition) is 1. The van der Waals surface area contributed by atoms with Gasteiger partial charge in [0.2, 0.25) is 0 Å². The maximum Gasteiger partial charge on any atom is 0.274 e. The summed E-state index contributed by atoms with van der Waals surface area (Å²) >= 11 is 0. The van der Waals surface area contributed by atoms with E-state index >= 15 is 0 Å². The molecule has 1 saturated heterocycles. The summed E-state index contributed by atoms with van der Waals surface area (Å²) in [6.45, 7) is 3.93. The van der Waals surface area contributed by atoms with Gasteiger partial charge in [0.15, 0.2) is 5.69 Å². The molecule has 2 heterocycles. The molecule has 0 saturated carbocycles. The van der Waals surface area contributed by atoms with E-state index in [2.05, 4.69) is 10.4 Å². The lowest BCUT2D eigenvalue weighted by Crippen LogP contribution is -2.44. The van der Waals surface area contributed by atoms with Gasteiger partial charge in [-0.15, -0.1) is 0 Å². The molecule has 0 bridgehead atoms. The molecule has 1 amide bonds. The van der Waals surface area contributed by atoms with Gasteiger partial charge in [-0.2, -0.15) is 5.10 Å². The highest BCUT2D eigenvalue weighted by Crippen LogP contribution is 2.24. The van der Waals surface area contributed by atoms with Crippen molar-refractivity contribution in [1.29, 1.82) is 0 Å². The molecule has 1 aliphatic heterocycles. The number of amides is 1. The summed E-state index contributed by atoms with van der Waals surface area (Å²) in [6, 6.07) is 7.94. The minimum Gasteiger partial charge on any atom is -0.494 e. The summed E-state index contributed by atoms with van der Waals surface area (Å²) in [6.07, 6.45) is 3.77. The minimum absolute atomic E-state index is 0.0349. The highest BCUT2D eigenvalue weighted by molar-refractivity contribution is 5.92. The standard InChI is InChI=1S/C18H24N4O2/c1-13-4-5-17(24-3)16(12-13)22-11-8-15(20-22)18(23)21(2)14-6-9-19-10-7-14/h4-5,8,11-12,14,19H,6-7,9-10H2,1-3H3. The Morgan fingerprint density at radius 1 is 1.33 bits per heavy atom. The van der Waals surface area contributed by atoms with Crippen LogP contribution in [0.3, 0.4) is 0 Å². The van der Waals surface area contributed by atoms with Crippen molar-refractivity contribution < 1.29 is 9.53 Å². The Labute approximate surface area is 142 Å². The smallest absolute Gasteiger partial charge is 0.274 e. The van der Waals surface area contributed by atoms with Gasteiger partial charge in [-0.1, -0.05) is 6.07 Å². The second kappa shape index (κ2) is 7.05. The molecule has 6 heteroatoms. The Morgan fingerprint density at radius 3 is 2.79 bits per heavy atom. The number of ether oxygens (including phenoxy) is 1. The van der Waals surface area contributed by atoms with Crippen LogP contribution in [-0.4, -0.2) is 53.9 Å². The molecule has 128 valence electrons. The van der Waals surface area contributed by atoms with Gasteiger partial charge in [-0.25, -0.2) is 4.68 Å². The fourth-order valence-electron chi connectivity index (χ4n) is 3.09. The first-order chi connectivity index (χ1) is 11.6. The molecule has 1 aromatic heterocycles. The second-order valence-corrected chi connectivity index (χ2v) is 6.22. The summed E-state index contributed by atoms with van der Waals surface area (Å²) < 4.78 is 7.11. The third-order valence-corrected chi connectivity index (χ3v) is 4.57. The molecule has 0 spiro atoms. The zero-order valence-electron chi connectivity index (χ0n) is 14.5. The van der Waals surface area contributed by atoms with E-state index in [1.165, 1.54) is 0 Å². The number of hydrogen-bond acceptors (Lipinski definition) is 4. The van der Waals surface area contributed by atoms with Crippen molar-refractivity contribution in [2.75, 3.05) is 27.2 Å². The van der Waals surface area contributed by atoms with Gasteiger partial charge in [0.25, 0.3) is 5.91 Å². The number of carbonyl (C=O) groups excluding carboxylic acids is 1. The average molecular weight is 328 g/mol. The van der Waals surface area contributed by atoms with Crippen molar-refractivity contribution in [3.8, 4) is 11.4 Å². The van der Waals surface area contributed by atoms with Crippen LogP contribution < -0.4 is 10.1 Å². The van der Waals surface area contributed by atoms with Gasteiger partial charge in [-0.3, -0.25) is 4.79 Å². The second-order valence-electron chi connectivity index (χ2n) is 6.22. The number of methoxy groups -OCH3 is 1. The Morgan fingerprint density at radius 2 is 2.08 bits per heavy atom. The van der Waals surface area contributed by atoms with Gasteiger partial charge in [0, 0.05) is 19.3 Å². The molecule has 0 aliphatic carbocycles. The maximum absolute atomic E-state index is 12.7. The molecule has 3 rings (SSSR count). The molecule has 0 unspecified atom stereocenters. The van der Waals surface area contributed by atoms with Gasteiger partial charge < -0.3 is 15.0 Å². The van der Waals surface area contributed by atoms with Crippen LogP contribution in [0.15, 0.2) is 30.5 Å². The molecular weight excluding hydrogens is 304 g/mol. The molecule has 1 aliphatic rings. The molecule has 0 radical (unpaired) electrons. The number of nitrogens with zero attached hydrogens (tertiary/aromatic N) is 3. The summed E-state index contributed by atoms with van der Waals surface area (Å²) in [5.74, 6) is 0.696. The SMILES string of the molecule is COc1ccc(C)cc1-n1ccc(C(=O)N(C)C2CCNCC2)n1. The van der Waals surface area contributed by atoms with Crippen LogP contribution in [0.25, 0.3) is 5.69 Å². The van der Waals surface area contributed by atoms with Crippen molar-refractivity contribution in [2.24, 2.45) is 0 Å². The highest BCUT2D eigenvalue weighted by Gasteiger charge is 2.24. The minimum atomic E-state index is -0.0349. The molecule has 1 aromatic carbocycles. The predicted octanol–water partition coefficient (Wildman–Crippen LogP) is 2.01. The van der Waals surface area contributed by atoms with E-state index in [-0.39, 0.29) is 11.9 Å². The molecule has 1 N–H and O–H groups in total. The number of piperidine rings is 1. The summed E-state index contributed by atoms with van der Waals surface area (Å²) in [5, 5.41) is 7.80. The van der Waals surface area contributed by atoms with E-state index in [0.29, 0.717) is 5.69 Å². The molecule has 0 atom stereocenters. The lowest BCUT2D eigenvalue weighted by atomic mass is 10.1. The lowest BCUT2D eigenvalue weighted by molar-refractivity contribution is 0.0696. The molecule has 1 fully saturated rings. The van der Waals surface area contributed by atoms with Crippen molar-refractivity contribution in [2.45, 2.75) is 25.8 Å². The molecule has 2 aromatic rings. The van der Waals surface area contributed by atoms with Crippen LogP contribution in [0, 0.1) is 6.92 Å². The van der Waals surface area contributed by atoms with Crippen LogP contribution in [0.1, 0.15) is 28.9 Å². The Hall–Kier alpha value is -2.34. The summed E-state index contributed by atoms with van der Waals surface area (Å²) in [4.78, 5) is 14.5. The highest BCUT2D eigenvalue weighted by atomic mass is 16.5. The van der Waals surface area contributed by atoms with Gasteiger partial charge in [0.1, 0.15) is 11.4 Å². The van der Waals surface area contributed by atoms with E-state index in [4.69, 9.17) is 4.74 Å². The Balaban J connectivity index is 1.82. The first-order valence-corrected chi connectivity index (χ1v) is 8.28. The van der Waals surface area contributed by atoms with E-state index in [1.54, 1.807) is 24.1 Å². The van der Waals surface area contributed by atoms with Crippen LogP contribution in [-0.2, 0) is 0 Å². The zero-order chi connectivity index (χ0) is 17.1. The van der Waals surface area contributed by atoms with E-state index in [9.17, 15) is 4.79 Å². The fourth-order valence-corrected chi connectivity index (χ4v) is 3.09. The molecule has 6 nitrogen and oxygen atoms in total. The fraction of sp³-hybridized carbons (Fsp3) is 0.444. The normalized spacial score (nSPS) is 15.3. The Kier molecular flexibility index (Phi) is 4.85. The first-order valence-electron chi connectivity index (χ1n) is 8.28. The van der Waals surface area contributed by atoms with E-state index in [0.717, 1.165) is 42.9 Å². The first kappa shape index (κ1) is 16.5. The van der Waals surface area contributed by atoms with Crippen molar-refractivity contribution in [3.05, 3.63) is 41.7 Å². The third kappa shape index (κ3) is 3.28. The monoisotopic (exact) mass is 328 g/mol. The van der Waals surface area contributed by atoms with Crippen LogP contribution in [0.4, 0.5) is 0 Å². The molecule has 24 heavy (non-hydrogen) atoms. The van der Waals surface area contributed by atoms with Crippen molar-refractivity contribution in [3.63, 3.8) is 0 Å². The number of rotatable bonds is 4. The maximum atomic E-state index is 12.7. The largest absolute Gasteiger partial charge is 0.494 e. The van der Waals surface area contributed by atoms with E-state index < -0.39 is 0 Å². The lowest BCUT2D eigenvalue weighted by Gasteiger charge is -2.31. The van der Waals surface area contributed by atoms with Gasteiger partial charge in [0.05, 0.1) is 7.11 Å². The van der Waals surface area contributed by atoms with Gasteiger partial charge >= 0.3 is 0 Å². The van der Waals surface area contributed by atoms with Crippen molar-refractivity contribution >= 4 is 5.91 Å². The number of aromatic nitrogens is 2. The average Bonchev–Trinajstić information content (AvgIpc) is 3.11. The van der Waals surface area contributed by atoms with E-state index in [1.807, 2.05) is 37.1 Å². The summed E-state index contributed by atoms with van der Waals surface area (Å²) in [7, 11) is 3.50. The summed E-state index contributed by atoms with van der Waals surface area (Å²) in [5.41, 5.74) is 2.40. The predicted molar refractivity (Wildman–Crippen MR) is 92.8 cm³/mol. The molecular formula is C18H24N4O2. The van der Waals surface area contributed by atoms with Crippen LogP contribution in [0.5, 0.6) is 5.75 Å². The number of benzene rings is 1. The van der Waals surface area contributed by atoms with Crippen LogP contribution >= 0.6 is 0 Å². The van der Waals surface area contributed by atoms with Crippen molar-refractivity contribution in [1.82, 2.24) is 20.0 Å². The quantitative estimate of drug-likeness (QED) is 0.933. The number of aryl methyl sites for hydroxylation is 1. The topological polar surface area (TPSA) is 59.4 Å². The third-order valence-electron chi connectivity index (χ3n) is 4.57. The number of carbonyl (C=O) groups is 1. The van der Waals surface area contributed by atoms with Gasteiger partial charge in [-0.05, 0) is 56.6 Å². The number of nitrogens with one attached hydrogen (secondary N) is 1. The Bertz CT molecular complexity index is 720. The zero-order valence-corrected chi connectivity index (χ0v) is 14.5.